The third-order valence-corrected chi connectivity index (χ3v) is 4.32. The highest BCUT2D eigenvalue weighted by molar-refractivity contribution is 8.13. The van der Waals surface area contributed by atoms with Gasteiger partial charge in [-0.1, -0.05) is 20.4 Å². The molecule has 1 amide bonds. The molecule has 0 radical (unpaired) electrons. The third kappa shape index (κ3) is 3.52. The number of hydrogen-bond donors (Lipinski definition) is 1. The summed E-state index contributed by atoms with van der Waals surface area (Å²) in [5.41, 5.74) is 2.06. The Morgan fingerprint density at radius 3 is 3.14 bits per heavy atom. The van der Waals surface area contributed by atoms with Crippen LogP contribution in [0.4, 0.5) is 4.79 Å². The summed E-state index contributed by atoms with van der Waals surface area (Å²) in [4.78, 5) is 25.8. The molecule has 0 spiro atoms. The number of ether oxygens (including phenoxy) is 1. The van der Waals surface area contributed by atoms with Crippen LogP contribution in [0.1, 0.15) is 31.3 Å². The van der Waals surface area contributed by atoms with Crippen LogP contribution in [-0.4, -0.2) is 45.4 Å². The lowest BCUT2D eigenvalue weighted by atomic mass is 9.94. The van der Waals surface area contributed by atoms with E-state index in [1.807, 2.05) is 6.26 Å². The zero-order valence-corrected chi connectivity index (χ0v) is 14.0. The number of H-pyrrole nitrogens is 1. The first kappa shape index (κ1) is 16.6. The molecule has 7 heteroatoms. The number of thioether (sulfide) groups is 1. The molecule has 0 saturated heterocycles. The molecule has 0 fully saturated rings. The lowest BCUT2D eigenvalue weighted by molar-refractivity contribution is 0.0803. The molecular weight excluding hydrogens is 300 g/mol. The van der Waals surface area contributed by atoms with Crippen LogP contribution in [0.3, 0.4) is 0 Å². The topological polar surface area (TPSA) is 70.6 Å². The normalized spacial score (nSPS) is 18.3. The Kier molecular flexibility index (Phi) is 5.65. The summed E-state index contributed by atoms with van der Waals surface area (Å²) in [5, 5.41) is 0.724. The van der Waals surface area contributed by atoms with E-state index in [1.54, 1.807) is 11.2 Å². The second-order valence-electron chi connectivity index (χ2n) is 5.36. The molecule has 1 aliphatic heterocycles. The SMILES string of the molecule is C=CN=C(COC(=O)N1CCc2[nH]cnc2C1C(C)C)SC. The summed E-state index contributed by atoms with van der Waals surface area (Å²) >= 11 is 1.45. The molecule has 1 aliphatic rings. The summed E-state index contributed by atoms with van der Waals surface area (Å²) in [6.07, 6.45) is 5.48. The maximum atomic E-state index is 12.4. The van der Waals surface area contributed by atoms with Gasteiger partial charge in [0.2, 0.25) is 0 Å². The fraction of sp³-hybridized carbons (Fsp3) is 0.533. The summed E-state index contributed by atoms with van der Waals surface area (Å²) in [5.74, 6) is 0.261. The summed E-state index contributed by atoms with van der Waals surface area (Å²) in [7, 11) is 0. The Morgan fingerprint density at radius 2 is 2.50 bits per heavy atom. The quantitative estimate of drug-likeness (QED) is 0.683. The molecule has 1 aromatic heterocycles. The van der Waals surface area contributed by atoms with Gasteiger partial charge >= 0.3 is 6.09 Å². The molecule has 120 valence electrons. The van der Waals surface area contributed by atoms with Gasteiger partial charge in [0.15, 0.2) is 0 Å². The van der Waals surface area contributed by atoms with Gasteiger partial charge in [-0.3, -0.25) is 9.89 Å². The highest BCUT2D eigenvalue weighted by Gasteiger charge is 2.35. The number of aliphatic imine (C=N–C) groups is 1. The molecule has 0 aliphatic carbocycles. The summed E-state index contributed by atoms with van der Waals surface area (Å²) in [6, 6.07) is -0.0587. The van der Waals surface area contributed by atoms with E-state index in [1.165, 1.54) is 18.0 Å². The molecule has 6 nitrogen and oxygen atoms in total. The minimum absolute atomic E-state index is 0.0587. The van der Waals surface area contributed by atoms with E-state index < -0.39 is 0 Å². The molecule has 1 N–H and O–H groups in total. The standard InChI is InChI=1S/C15H22N4O2S/c1-5-16-12(22-4)8-21-15(20)19-7-6-11-13(18-9-17-11)14(19)10(2)3/h5,9-10,14H,1,6-8H2,2-4H3,(H,17,18). The number of carbonyl (C=O) groups excluding carboxylic acids is 1. The smallest absolute Gasteiger partial charge is 0.410 e. The van der Waals surface area contributed by atoms with Gasteiger partial charge in [0, 0.05) is 24.9 Å². The van der Waals surface area contributed by atoms with Crippen molar-refractivity contribution in [3.63, 3.8) is 0 Å². The molecule has 0 saturated carbocycles. The fourth-order valence-corrected chi connectivity index (χ4v) is 3.00. The number of nitrogens with zero attached hydrogens (tertiary/aromatic N) is 3. The first-order chi connectivity index (χ1) is 10.6. The monoisotopic (exact) mass is 322 g/mol. The lowest BCUT2D eigenvalue weighted by Gasteiger charge is -2.36. The van der Waals surface area contributed by atoms with Crippen LogP contribution in [-0.2, 0) is 11.2 Å². The average molecular weight is 322 g/mol. The van der Waals surface area contributed by atoms with Crippen molar-refractivity contribution in [2.75, 3.05) is 19.4 Å². The van der Waals surface area contributed by atoms with E-state index in [2.05, 4.69) is 35.4 Å². The Morgan fingerprint density at radius 1 is 1.73 bits per heavy atom. The molecule has 0 bridgehead atoms. The number of rotatable bonds is 4. The van der Waals surface area contributed by atoms with Crippen molar-refractivity contribution in [2.45, 2.75) is 26.3 Å². The van der Waals surface area contributed by atoms with Gasteiger partial charge in [0.25, 0.3) is 0 Å². The van der Waals surface area contributed by atoms with E-state index in [-0.39, 0.29) is 24.7 Å². The number of carbonyl (C=O) groups is 1. The number of imidazole rings is 1. The van der Waals surface area contributed by atoms with Crippen molar-refractivity contribution in [3.8, 4) is 0 Å². The highest BCUT2D eigenvalue weighted by Crippen LogP contribution is 2.33. The largest absolute Gasteiger partial charge is 0.442 e. The van der Waals surface area contributed by atoms with Crippen molar-refractivity contribution in [1.29, 1.82) is 0 Å². The Balaban J connectivity index is 2.09. The molecule has 1 aromatic rings. The first-order valence-corrected chi connectivity index (χ1v) is 8.48. The number of aromatic amines is 1. The van der Waals surface area contributed by atoms with Crippen LogP contribution >= 0.6 is 11.8 Å². The molecule has 2 heterocycles. The van der Waals surface area contributed by atoms with Gasteiger partial charge in [-0.25, -0.2) is 9.78 Å². The molecule has 1 atom stereocenters. The number of fused-ring (bicyclic) bond motifs is 1. The van der Waals surface area contributed by atoms with Gasteiger partial charge in [0.05, 0.1) is 18.1 Å². The van der Waals surface area contributed by atoms with Crippen LogP contribution in [0.25, 0.3) is 0 Å². The van der Waals surface area contributed by atoms with Crippen LogP contribution in [0, 0.1) is 5.92 Å². The van der Waals surface area contributed by atoms with Gasteiger partial charge in [-0.15, -0.1) is 11.8 Å². The van der Waals surface area contributed by atoms with Crippen LogP contribution in [0.2, 0.25) is 0 Å². The third-order valence-electron chi connectivity index (χ3n) is 3.63. The molecule has 0 aromatic carbocycles. The maximum absolute atomic E-state index is 12.4. The Hall–Kier alpha value is -1.76. The van der Waals surface area contributed by atoms with Crippen molar-refractivity contribution >= 4 is 22.9 Å². The van der Waals surface area contributed by atoms with E-state index in [4.69, 9.17) is 4.74 Å². The van der Waals surface area contributed by atoms with E-state index in [9.17, 15) is 4.79 Å². The van der Waals surface area contributed by atoms with E-state index >= 15 is 0 Å². The van der Waals surface area contributed by atoms with Crippen molar-refractivity contribution in [3.05, 3.63) is 30.5 Å². The molecule has 2 rings (SSSR count). The predicted octanol–water partition coefficient (Wildman–Crippen LogP) is 3.01. The van der Waals surface area contributed by atoms with Crippen molar-refractivity contribution in [1.82, 2.24) is 14.9 Å². The van der Waals surface area contributed by atoms with Gasteiger partial charge in [-0.05, 0) is 12.2 Å². The zero-order chi connectivity index (χ0) is 16.1. The summed E-state index contributed by atoms with van der Waals surface area (Å²) in [6.45, 7) is 8.52. The Bertz CT molecular complexity index is 568. The van der Waals surface area contributed by atoms with E-state index in [0.29, 0.717) is 6.54 Å². The van der Waals surface area contributed by atoms with Gasteiger partial charge in [0.1, 0.15) is 11.7 Å². The predicted molar refractivity (Wildman–Crippen MR) is 89.1 cm³/mol. The minimum atomic E-state index is -0.321. The van der Waals surface area contributed by atoms with Gasteiger partial charge < -0.3 is 9.72 Å². The average Bonchev–Trinajstić information content (AvgIpc) is 2.98. The second kappa shape index (κ2) is 7.49. The van der Waals surface area contributed by atoms with Crippen LogP contribution in [0.15, 0.2) is 24.1 Å². The van der Waals surface area contributed by atoms with Crippen LogP contribution in [0.5, 0.6) is 0 Å². The highest BCUT2D eigenvalue weighted by atomic mass is 32.2. The van der Waals surface area contributed by atoms with Crippen molar-refractivity contribution in [2.24, 2.45) is 10.9 Å². The molecule has 1 unspecified atom stereocenters. The van der Waals surface area contributed by atoms with Crippen molar-refractivity contribution < 1.29 is 9.53 Å². The fourth-order valence-electron chi connectivity index (χ4n) is 2.64. The lowest BCUT2D eigenvalue weighted by Crippen LogP contribution is -2.43. The first-order valence-electron chi connectivity index (χ1n) is 7.25. The maximum Gasteiger partial charge on any atom is 0.410 e. The summed E-state index contributed by atoms with van der Waals surface area (Å²) < 4.78 is 5.41. The molecule has 22 heavy (non-hydrogen) atoms. The molecular formula is C15H22N4O2S. The Labute approximate surface area is 135 Å². The van der Waals surface area contributed by atoms with Crippen LogP contribution < -0.4 is 0 Å². The number of hydrogen-bond acceptors (Lipinski definition) is 5. The number of nitrogens with one attached hydrogen (secondary N) is 1. The second-order valence-corrected chi connectivity index (χ2v) is 6.24. The minimum Gasteiger partial charge on any atom is -0.442 e. The number of aromatic nitrogens is 2. The zero-order valence-electron chi connectivity index (χ0n) is 13.2. The van der Waals surface area contributed by atoms with E-state index in [0.717, 1.165) is 22.9 Å². The van der Waals surface area contributed by atoms with Gasteiger partial charge in [-0.2, -0.15) is 0 Å². The number of amides is 1.